The lowest BCUT2D eigenvalue weighted by Crippen LogP contribution is -2.43. The number of hydrogen-bond acceptors (Lipinski definition) is 4. The van der Waals surface area contributed by atoms with Gasteiger partial charge in [0.25, 0.3) is 0 Å². The molecule has 0 radical (unpaired) electrons. The summed E-state index contributed by atoms with van der Waals surface area (Å²) >= 11 is 0. The lowest BCUT2D eigenvalue weighted by Gasteiger charge is -2.23. The van der Waals surface area contributed by atoms with Gasteiger partial charge in [-0.25, -0.2) is 9.18 Å². The highest BCUT2D eigenvalue weighted by Gasteiger charge is 2.19. The van der Waals surface area contributed by atoms with Gasteiger partial charge in [0.1, 0.15) is 17.2 Å². The standard InChI is InChI=1S/C17H27FN2O3/c1-11(20-16(21)23-17(3,4)5)10-19-12(2)15-13(18)8-7-9-14(15)22-6/h7-9,11-12,19H,10H2,1-6H3,(H,20,21). The smallest absolute Gasteiger partial charge is 0.407 e. The first-order valence-corrected chi connectivity index (χ1v) is 7.69. The summed E-state index contributed by atoms with van der Waals surface area (Å²) in [4.78, 5) is 11.7. The van der Waals surface area contributed by atoms with Crippen LogP contribution in [0.25, 0.3) is 0 Å². The maximum atomic E-state index is 14.0. The minimum absolute atomic E-state index is 0.162. The fourth-order valence-corrected chi connectivity index (χ4v) is 2.13. The molecule has 0 saturated carbocycles. The van der Waals surface area contributed by atoms with Crippen molar-refractivity contribution in [3.8, 4) is 5.75 Å². The number of nitrogens with one attached hydrogen (secondary N) is 2. The lowest BCUT2D eigenvalue weighted by molar-refractivity contribution is 0.0507. The Labute approximate surface area is 137 Å². The van der Waals surface area contributed by atoms with E-state index in [1.165, 1.54) is 13.2 Å². The molecule has 1 rings (SSSR count). The molecule has 2 atom stereocenters. The summed E-state index contributed by atoms with van der Waals surface area (Å²) in [5, 5.41) is 5.93. The molecule has 2 N–H and O–H groups in total. The van der Waals surface area contributed by atoms with Crippen molar-refractivity contribution in [2.75, 3.05) is 13.7 Å². The minimum Gasteiger partial charge on any atom is -0.496 e. The molecule has 0 heterocycles. The van der Waals surface area contributed by atoms with Gasteiger partial charge in [-0.2, -0.15) is 0 Å². The minimum atomic E-state index is -0.537. The first kappa shape index (κ1) is 19.2. The third kappa shape index (κ3) is 6.44. The quantitative estimate of drug-likeness (QED) is 0.841. The number of amides is 1. The monoisotopic (exact) mass is 326 g/mol. The lowest BCUT2D eigenvalue weighted by atomic mass is 10.1. The number of carbonyl (C=O) groups is 1. The molecule has 130 valence electrons. The van der Waals surface area contributed by atoms with Crippen LogP contribution in [0.5, 0.6) is 5.75 Å². The largest absolute Gasteiger partial charge is 0.496 e. The van der Waals surface area contributed by atoms with Gasteiger partial charge in [0, 0.05) is 24.2 Å². The Morgan fingerprint density at radius 2 is 1.96 bits per heavy atom. The van der Waals surface area contributed by atoms with E-state index < -0.39 is 11.7 Å². The van der Waals surface area contributed by atoms with Crippen LogP contribution in [0, 0.1) is 5.82 Å². The number of ether oxygens (including phenoxy) is 2. The predicted octanol–water partition coefficient (Wildman–Crippen LogP) is 3.40. The Bertz CT molecular complexity index is 529. The van der Waals surface area contributed by atoms with Crippen LogP contribution in [0.2, 0.25) is 0 Å². The highest BCUT2D eigenvalue weighted by Crippen LogP contribution is 2.27. The van der Waals surface area contributed by atoms with E-state index in [1.54, 1.807) is 12.1 Å². The van der Waals surface area contributed by atoms with E-state index >= 15 is 0 Å². The molecule has 0 fully saturated rings. The molecule has 0 bridgehead atoms. The van der Waals surface area contributed by atoms with Crippen molar-refractivity contribution < 1.29 is 18.7 Å². The fourth-order valence-electron chi connectivity index (χ4n) is 2.13. The van der Waals surface area contributed by atoms with Crippen LogP contribution in [0.15, 0.2) is 18.2 Å². The molecule has 5 nitrogen and oxygen atoms in total. The number of alkyl carbamates (subject to hydrolysis) is 1. The van der Waals surface area contributed by atoms with Gasteiger partial charge < -0.3 is 20.1 Å². The van der Waals surface area contributed by atoms with Gasteiger partial charge in [-0.15, -0.1) is 0 Å². The summed E-state index contributed by atoms with van der Waals surface area (Å²) in [7, 11) is 1.51. The SMILES string of the molecule is COc1cccc(F)c1C(C)NCC(C)NC(=O)OC(C)(C)C. The molecular formula is C17H27FN2O3. The van der Waals surface area contributed by atoms with Crippen molar-refractivity contribution in [2.24, 2.45) is 0 Å². The second-order valence-corrected chi connectivity index (χ2v) is 6.53. The molecule has 0 saturated heterocycles. The van der Waals surface area contributed by atoms with E-state index in [4.69, 9.17) is 9.47 Å². The summed E-state index contributed by atoms with van der Waals surface area (Å²) < 4.78 is 24.4. The highest BCUT2D eigenvalue weighted by atomic mass is 19.1. The number of halogens is 1. The van der Waals surface area contributed by atoms with Gasteiger partial charge >= 0.3 is 6.09 Å². The number of carbonyl (C=O) groups excluding carboxylic acids is 1. The molecule has 2 unspecified atom stereocenters. The average molecular weight is 326 g/mol. The molecule has 1 aromatic carbocycles. The number of hydrogen-bond donors (Lipinski definition) is 2. The van der Waals surface area contributed by atoms with E-state index in [0.29, 0.717) is 17.9 Å². The van der Waals surface area contributed by atoms with Gasteiger partial charge in [-0.05, 0) is 46.8 Å². The molecule has 23 heavy (non-hydrogen) atoms. The maximum absolute atomic E-state index is 14.0. The zero-order chi connectivity index (χ0) is 17.6. The maximum Gasteiger partial charge on any atom is 0.407 e. The van der Waals surface area contributed by atoms with Gasteiger partial charge in [-0.1, -0.05) is 6.07 Å². The topological polar surface area (TPSA) is 59.6 Å². The van der Waals surface area contributed by atoms with Crippen molar-refractivity contribution in [1.29, 1.82) is 0 Å². The predicted molar refractivity (Wildman–Crippen MR) is 88.2 cm³/mol. The Kier molecular flexibility index (Phi) is 6.81. The molecule has 1 amide bonds. The van der Waals surface area contributed by atoms with Crippen LogP contribution < -0.4 is 15.4 Å². The second-order valence-electron chi connectivity index (χ2n) is 6.53. The molecular weight excluding hydrogens is 299 g/mol. The second kappa shape index (κ2) is 8.15. The van der Waals surface area contributed by atoms with E-state index in [1.807, 2.05) is 34.6 Å². The third-order valence-electron chi connectivity index (χ3n) is 3.16. The van der Waals surface area contributed by atoms with Crippen molar-refractivity contribution in [2.45, 2.75) is 52.3 Å². The Morgan fingerprint density at radius 1 is 1.30 bits per heavy atom. The molecule has 0 aliphatic carbocycles. The highest BCUT2D eigenvalue weighted by molar-refractivity contribution is 5.68. The number of methoxy groups -OCH3 is 1. The van der Waals surface area contributed by atoms with Gasteiger partial charge in [-0.3, -0.25) is 0 Å². The summed E-state index contributed by atoms with van der Waals surface area (Å²) in [6, 6.07) is 4.31. The van der Waals surface area contributed by atoms with Crippen LogP contribution in [0.4, 0.5) is 9.18 Å². The number of rotatable bonds is 6. The zero-order valence-electron chi connectivity index (χ0n) is 14.7. The fraction of sp³-hybridized carbons (Fsp3) is 0.588. The van der Waals surface area contributed by atoms with Crippen molar-refractivity contribution in [3.63, 3.8) is 0 Å². The summed E-state index contributed by atoms with van der Waals surface area (Å²) in [5.74, 6) is 0.176. The zero-order valence-corrected chi connectivity index (χ0v) is 14.7. The van der Waals surface area contributed by atoms with Crippen LogP contribution in [-0.4, -0.2) is 31.4 Å². The average Bonchev–Trinajstić information content (AvgIpc) is 2.42. The summed E-state index contributed by atoms with van der Waals surface area (Å²) in [6.07, 6.45) is -0.470. The molecule has 0 spiro atoms. The van der Waals surface area contributed by atoms with Crippen LogP contribution in [-0.2, 0) is 4.74 Å². The molecule has 1 aromatic rings. The Morgan fingerprint density at radius 3 is 2.52 bits per heavy atom. The number of benzene rings is 1. The van der Waals surface area contributed by atoms with Crippen LogP contribution in [0.3, 0.4) is 0 Å². The Balaban J connectivity index is 2.56. The van der Waals surface area contributed by atoms with Crippen LogP contribution >= 0.6 is 0 Å². The van der Waals surface area contributed by atoms with Crippen LogP contribution in [0.1, 0.15) is 46.2 Å². The summed E-state index contributed by atoms with van der Waals surface area (Å²) in [5.41, 5.74) is -0.0649. The van der Waals surface area contributed by atoms with E-state index in [2.05, 4.69) is 10.6 Å². The summed E-state index contributed by atoms with van der Waals surface area (Å²) in [6.45, 7) is 9.59. The normalized spacial score (nSPS) is 14.0. The first-order valence-electron chi connectivity index (χ1n) is 7.69. The van der Waals surface area contributed by atoms with Crippen molar-refractivity contribution in [3.05, 3.63) is 29.6 Å². The Hall–Kier alpha value is -1.82. The molecule has 0 aliphatic heterocycles. The van der Waals surface area contributed by atoms with Gasteiger partial charge in [0.05, 0.1) is 7.11 Å². The van der Waals surface area contributed by atoms with Crippen molar-refractivity contribution in [1.82, 2.24) is 10.6 Å². The molecule has 0 aromatic heterocycles. The van der Waals surface area contributed by atoms with Crippen molar-refractivity contribution >= 4 is 6.09 Å². The van der Waals surface area contributed by atoms with Gasteiger partial charge in [0.15, 0.2) is 0 Å². The third-order valence-corrected chi connectivity index (χ3v) is 3.16. The van der Waals surface area contributed by atoms with E-state index in [9.17, 15) is 9.18 Å². The molecule has 6 heteroatoms. The van der Waals surface area contributed by atoms with Gasteiger partial charge in [0.2, 0.25) is 0 Å². The first-order chi connectivity index (χ1) is 10.6. The molecule has 0 aliphatic rings. The van der Waals surface area contributed by atoms with E-state index in [-0.39, 0.29) is 17.9 Å². The van der Waals surface area contributed by atoms with E-state index in [0.717, 1.165) is 0 Å².